The van der Waals surface area contributed by atoms with Crippen LogP contribution < -0.4 is 0 Å². The first-order chi connectivity index (χ1) is 9.62. The molecular formula is C15H19BrN2O3. The second kappa shape index (κ2) is 5.42. The Morgan fingerprint density at radius 3 is 2.48 bits per heavy atom. The van der Waals surface area contributed by atoms with E-state index in [0.717, 1.165) is 9.48 Å². The summed E-state index contributed by atoms with van der Waals surface area (Å²) in [4.78, 5) is 12.3. The molecule has 0 radical (unpaired) electrons. The number of hydrogen-bond acceptors (Lipinski definition) is 4. The minimum atomic E-state index is -1.51. The molecule has 1 aromatic carbocycles. The van der Waals surface area contributed by atoms with E-state index in [4.69, 9.17) is 4.74 Å². The predicted molar refractivity (Wildman–Crippen MR) is 83.8 cm³/mol. The van der Waals surface area contributed by atoms with Crippen molar-refractivity contribution < 1.29 is 14.6 Å². The SMILES string of the molecule is CC1=NN(C(=O)OC(C)(C)C)C(O)(c2ccc(Br)cc2)C1. The molecular weight excluding hydrogens is 336 g/mol. The largest absolute Gasteiger partial charge is 0.442 e. The maximum absolute atomic E-state index is 12.3. The number of rotatable bonds is 1. The van der Waals surface area contributed by atoms with Crippen LogP contribution in [0.5, 0.6) is 0 Å². The standard InChI is InChI=1S/C15H19BrN2O3/c1-10-9-15(20,11-5-7-12(16)8-6-11)18(17-10)13(19)21-14(2,3)4/h5-8,20H,9H2,1-4H3. The van der Waals surface area contributed by atoms with E-state index in [-0.39, 0.29) is 6.42 Å². The quantitative estimate of drug-likeness (QED) is 0.837. The Bertz CT molecular complexity index is 578. The normalized spacial score (nSPS) is 22.2. The van der Waals surface area contributed by atoms with Gasteiger partial charge in [0.25, 0.3) is 0 Å². The van der Waals surface area contributed by atoms with Crippen LogP contribution in [0.2, 0.25) is 0 Å². The molecule has 1 aliphatic heterocycles. The van der Waals surface area contributed by atoms with Crippen LogP contribution in [0.4, 0.5) is 4.79 Å². The lowest BCUT2D eigenvalue weighted by Crippen LogP contribution is -2.45. The number of carbonyl (C=O) groups is 1. The van der Waals surface area contributed by atoms with Crippen LogP contribution in [-0.2, 0) is 10.5 Å². The Morgan fingerprint density at radius 2 is 1.95 bits per heavy atom. The zero-order valence-corrected chi connectivity index (χ0v) is 14.1. The van der Waals surface area contributed by atoms with Crippen LogP contribution in [0.1, 0.15) is 39.7 Å². The molecule has 6 heteroatoms. The lowest BCUT2D eigenvalue weighted by Gasteiger charge is -2.32. The van der Waals surface area contributed by atoms with E-state index >= 15 is 0 Å². The second-order valence-corrected chi connectivity index (χ2v) is 7.04. The van der Waals surface area contributed by atoms with E-state index < -0.39 is 17.4 Å². The van der Waals surface area contributed by atoms with Gasteiger partial charge in [0.15, 0.2) is 5.72 Å². The molecule has 5 nitrogen and oxygen atoms in total. The molecule has 1 aromatic rings. The number of aliphatic hydroxyl groups is 1. The number of ether oxygens (including phenoxy) is 1. The first-order valence-corrected chi connectivity index (χ1v) is 7.47. The van der Waals surface area contributed by atoms with E-state index in [9.17, 15) is 9.90 Å². The molecule has 21 heavy (non-hydrogen) atoms. The molecule has 114 valence electrons. The van der Waals surface area contributed by atoms with Crippen molar-refractivity contribution in [3.8, 4) is 0 Å². The monoisotopic (exact) mass is 354 g/mol. The maximum atomic E-state index is 12.3. The number of hydrazone groups is 1. The van der Waals surface area contributed by atoms with Gasteiger partial charge in [-0.3, -0.25) is 0 Å². The third-order valence-corrected chi connectivity index (χ3v) is 3.53. The summed E-state index contributed by atoms with van der Waals surface area (Å²) in [6, 6.07) is 7.15. The van der Waals surface area contributed by atoms with Gasteiger partial charge >= 0.3 is 6.09 Å². The highest BCUT2D eigenvalue weighted by Gasteiger charge is 2.46. The Morgan fingerprint density at radius 1 is 1.38 bits per heavy atom. The number of benzene rings is 1. The summed E-state index contributed by atoms with van der Waals surface area (Å²) in [5.74, 6) is 0. The topological polar surface area (TPSA) is 62.1 Å². The molecule has 0 bridgehead atoms. The lowest BCUT2D eigenvalue weighted by atomic mass is 9.98. The Labute approximate surface area is 132 Å². The molecule has 1 atom stereocenters. The minimum Gasteiger partial charge on any atom is -0.442 e. The number of carbonyl (C=O) groups excluding carboxylic acids is 1. The van der Waals surface area contributed by atoms with Crippen molar-refractivity contribution in [3.05, 3.63) is 34.3 Å². The molecule has 1 aliphatic rings. The smallest absolute Gasteiger partial charge is 0.433 e. The molecule has 1 heterocycles. The van der Waals surface area contributed by atoms with E-state index in [1.807, 2.05) is 12.1 Å². The van der Waals surface area contributed by atoms with Crippen LogP contribution in [0, 0.1) is 0 Å². The van der Waals surface area contributed by atoms with Gasteiger partial charge in [-0.05, 0) is 39.8 Å². The highest BCUT2D eigenvalue weighted by atomic mass is 79.9. The van der Waals surface area contributed by atoms with Gasteiger partial charge < -0.3 is 9.84 Å². The van der Waals surface area contributed by atoms with E-state index in [1.165, 1.54) is 0 Å². The Kier molecular flexibility index (Phi) is 4.13. The van der Waals surface area contributed by atoms with Crippen molar-refractivity contribution in [2.75, 3.05) is 0 Å². The molecule has 0 aromatic heterocycles. The van der Waals surface area contributed by atoms with Gasteiger partial charge in [-0.25, -0.2) is 4.79 Å². The summed E-state index contributed by atoms with van der Waals surface area (Å²) in [6.45, 7) is 7.09. The number of nitrogens with zero attached hydrogens (tertiary/aromatic N) is 2. The minimum absolute atomic E-state index is 0.258. The van der Waals surface area contributed by atoms with Gasteiger partial charge in [0.05, 0.1) is 0 Å². The molecule has 0 saturated heterocycles. The van der Waals surface area contributed by atoms with Crippen molar-refractivity contribution in [1.82, 2.24) is 5.01 Å². The fourth-order valence-electron chi connectivity index (χ4n) is 2.16. The summed E-state index contributed by atoms with van der Waals surface area (Å²) in [5.41, 5.74) is -0.889. The summed E-state index contributed by atoms with van der Waals surface area (Å²) >= 11 is 3.35. The van der Waals surface area contributed by atoms with Gasteiger partial charge in [-0.1, -0.05) is 28.1 Å². The fraction of sp³-hybridized carbons (Fsp3) is 0.467. The second-order valence-electron chi connectivity index (χ2n) is 6.13. The predicted octanol–water partition coefficient (Wildman–Crippen LogP) is 3.61. The molecule has 0 spiro atoms. The van der Waals surface area contributed by atoms with Gasteiger partial charge in [-0.15, -0.1) is 0 Å². The van der Waals surface area contributed by atoms with E-state index in [0.29, 0.717) is 11.3 Å². The van der Waals surface area contributed by atoms with Gasteiger partial charge in [0.1, 0.15) is 5.60 Å². The Hall–Kier alpha value is -1.40. The van der Waals surface area contributed by atoms with E-state index in [1.54, 1.807) is 39.8 Å². The number of amides is 1. The van der Waals surface area contributed by atoms with Gasteiger partial charge in [0, 0.05) is 22.2 Å². The molecule has 1 N–H and O–H groups in total. The fourth-order valence-corrected chi connectivity index (χ4v) is 2.42. The molecule has 0 saturated carbocycles. The van der Waals surface area contributed by atoms with Crippen LogP contribution in [-0.4, -0.2) is 27.5 Å². The third-order valence-electron chi connectivity index (χ3n) is 3.00. The Balaban J connectivity index is 2.33. The van der Waals surface area contributed by atoms with Crippen LogP contribution in [0.25, 0.3) is 0 Å². The van der Waals surface area contributed by atoms with Crippen LogP contribution in [0.15, 0.2) is 33.8 Å². The van der Waals surface area contributed by atoms with Crippen molar-refractivity contribution in [2.45, 2.75) is 45.4 Å². The summed E-state index contributed by atoms with van der Waals surface area (Å²) in [5, 5.41) is 16.1. The molecule has 2 rings (SSSR count). The molecule has 1 unspecified atom stereocenters. The third kappa shape index (κ3) is 3.44. The van der Waals surface area contributed by atoms with Gasteiger partial charge in [0.2, 0.25) is 0 Å². The molecule has 0 aliphatic carbocycles. The van der Waals surface area contributed by atoms with Crippen molar-refractivity contribution in [2.24, 2.45) is 5.10 Å². The number of hydrogen-bond donors (Lipinski definition) is 1. The van der Waals surface area contributed by atoms with Crippen molar-refractivity contribution >= 4 is 27.7 Å². The molecule has 1 amide bonds. The molecule has 0 fully saturated rings. The van der Waals surface area contributed by atoms with E-state index in [2.05, 4.69) is 21.0 Å². The average Bonchev–Trinajstić information content (AvgIpc) is 2.64. The number of halogens is 1. The van der Waals surface area contributed by atoms with Crippen molar-refractivity contribution in [1.29, 1.82) is 0 Å². The summed E-state index contributed by atoms with van der Waals surface area (Å²) in [7, 11) is 0. The average molecular weight is 355 g/mol. The summed E-state index contributed by atoms with van der Waals surface area (Å²) in [6.07, 6.45) is -0.404. The zero-order valence-electron chi connectivity index (χ0n) is 12.6. The highest BCUT2D eigenvalue weighted by molar-refractivity contribution is 9.10. The van der Waals surface area contributed by atoms with Gasteiger partial charge in [-0.2, -0.15) is 10.1 Å². The summed E-state index contributed by atoms with van der Waals surface area (Å²) < 4.78 is 6.22. The maximum Gasteiger partial charge on any atom is 0.433 e. The lowest BCUT2D eigenvalue weighted by molar-refractivity contribution is -0.0975. The highest BCUT2D eigenvalue weighted by Crippen LogP contribution is 2.36. The van der Waals surface area contributed by atoms with Crippen LogP contribution in [0.3, 0.4) is 0 Å². The van der Waals surface area contributed by atoms with Crippen molar-refractivity contribution in [3.63, 3.8) is 0 Å². The van der Waals surface area contributed by atoms with Crippen LogP contribution >= 0.6 is 15.9 Å². The first-order valence-electron chi connectivity index (χ1n) is 6.67. The first kappa shape index (κ1) is 16.0. The zero-order chi connectivity index (χ0) is 15.8.